The third kappa shape index (κ3) is 3.00. The third-order valence-corrected chi connectivity index (χ3v) is 3.66. The first kappa shape index (κ1) is 14.9. The van der Waals surface area contributed by atoms with Gasteiger partial charge in [-0.3, -0.25) is 4.90 Å². The first-order chi connectivity index (χ1) is 10.1. The Morgan fingerprint density at radius 3 is 2.86 bits per heavy atom. The molecule has 0 radical (unpaired) electrons. The number of urea groups is 1. The molecule has 21 heavy (non-hydrogen) atoms. The minimum Gasteiger partial charge on any atom is -0.480 e. The normalized spacial score (nSPS) is 17.7. The van der Waals surface area contributed by atoms with Gasteiger partial charge in [0.2, 0.25) is 0 Å². The molecule has 0 aromatic heterocycles. The predicted molar refractivity (Wildman–Crippen MR) is 80.1 cm³/mol. The largest absolute Gasteiger partial charge is 0.480 e. The van der Waals surface area contributed by atoms with Crippen LogP contribution in [-0.4, -0.2) is 29.2 Å². The van der Waals surface area contributed by atoms with Crippen molar-refractivity contribution in [1.82, 2.24) is 5.32 Å². The number of hydrogen-bond donors (Lipinski definition) is 2. The van der Waals surface area contributed by atoms with Crippen LogP contribution in [0.5, 0.6) is 0 Å². The molecule has 2 atom stereocenters. The predicted octanol–water partition coefficient (Wildman–Crippen LogP) is 2.01. The van der Waals surface area contributed by atoms with Gasteiger partial charge in [0.25, 0.3) is 0 Å². The van der Waals surface area contributed by atoms with Crippen molar-refractivity contribution in [1.29, 1.82) is 0 Å². The van der Waals surface area contributed by atoms with E-state index in [1.165, 1.54) is 4.90 Å². The summed E-state index contributed by atoms with van der Waals surface area (Å²) < 4.78 is 0. The van der Waals surface area contributed by atoms with Crippen LogP contribution in [0.1, 0.15) is 25.3 Å². The number of carbonyl (C=O) groups excluding carboxylic acids is 1. The highest BCUT2D eigenvalue weighted by molar-refractivity contribution is 6.01. The molecule has 2 N–H and O–H groups in total. The average Bonchev–Trinajstić information content (AvgIpc) is 2.86. The molecule has 0 aliphatic carbocycles. The molecule has 1 aromatic carbocycles. The molecular formula is C16H18N2O3. The van der Waals surface area contributed by atoms with Gasteiger partial charge < -0.3 is 10.4 Å². The lowest BCUT2D eigenvalue weighted by Crippen LogP contribution is -2.50. The smallest absolute Gasteiger partial charge is 0.327 e. The van der Waals surface area contributed by atoms with Crippen molar-refractivity contribution in [2.45, 2.75) is 38.3 Å². The zero-order valence-corrected chi connectivity index (χ0v) is 11.9. The van der Waals surface area contributed by atoms with Crippen LogP contribution >= 0.6 is 0 Å². The van der Waals surface area contributed by atoms with Crippen molar-refractivity contribution in [2.24, 2.45) is 0 Å². The topological polar surface area (TPSA) is 69.6 Å². The van der Waals surface area contributed by atoms with E-state index in [1.807, 2.05) is 19.1 Å². The Morgan fingerprint density at radius 2 is 2.24 bits per heavy atom. The minimum absolute atomic E-state index is 0.148. The standard InChI is InChI=1S/C16H18N2O3/c1-3-7-12(4-2)17-16(21)18-13-9-6-5-8-11(13)10-14(18)15(19)20/h1,5-6,8-9,12,14H,4,7,10H2,2H3,(H,17,21)(H,19,20). The zero-order chi connectivity index (χ0) is 15.4. The first-order valence-corrected chi connectivity index (χ1v) is 6.92. The van der Waals surface area contributed by atoms with Crippen LogP contribution in [-0.2, 0) is 11.2 Å². The summed E-state index contributed by atoms with van der Waals surface area (Å²) in [6, 6.07) is 5.82. The maximum Gasteiger partial charge on any atom is 0.327 e. The summed E-state index contributed by atoms with van der Waals surface area (Å²) in [5, 5.41) is 12.2. The molecule has 1 aromatic rings. The number of nitrogens with one attached hydrogen (secondary N) is 1. The van der Waals surface area contributed by atoms with E-state index in [4.69, 9.17) is 6.42 Å². The Kier molecular flexibility index (Phi) is 4.49. The second kappa shape index (κ2) is 6.31. The van der Waals surface area contributed by atoms with Gasteiger partial charge in [-0.2, -0.15) is 0 Å². The molecule has 5 heteroatoms. The molecule has 0 saturated carbocycles. The van der Waals surface area contributed by atoms with E-state index in [2.05, 4.69) is 11.2 Å². The lowest BCUT2D eigenvalue weighted by molar-refractivity contribution is -0.138. The molecule has 0 saturated heterocycles. The fourth-order valence-corrected chi connectivity index (χ4v) is 2.52. The minimum atomic E-state index is -1.01. The number of anilines is 1. The number of aliphatic carboxylic acids is 1. The number of nitrogens with zero attached hydrogens (tertiary/aromatic N) is 1. The molecular weight excluding hydrogens is 268 g/mol. The summed E-state index contributed by atoms with van der Waals surface area (Å²) in [6.45, 7) is 1.93. The van der Waals surface area contributed by atoms with Crippen molar-refractivity contribution in [2.75, 3.05) is 4.90 Å². The summed E-state index contributed by atoms with van der Waals surface area (Å²) in [7, 11) is 0. The van der Waals surface area contributed by atoms with E-state index in [0.29, 0.717) is 24.9 Å². The monoisotopic (exact) mass is 286 g/mol. The number of carboxylic acids is 1. The van der Waals surface area contributed by atoms with Gasteiger partial charge in [0.15, 0.2) is 0 Å². The Balaban J connectivity index is 2.24. The van der Waals surface area contributed by atoms with Crippen molar-refractivity contribution in [3.8, 4) is 12.3 Å². The van der Waals surface area contributed by atoms with E-state index in [-0.39, 0.29) is 6.04 Å². The number of carbonyl (C=O) groups is 2. The lowest BCUT2D eigenvalue weighted by atomic mass is 10.1. The first-order valence-electron chi connectivity index (χ1n) is 6.92. The fourth-order valence-electron chi connectivity index (χ4n) is 2.52. The van der Waals surface area contributed by atoms with Gasteiger partial charge in [0, 0.05) is 24.6 Å². The van der Waals surface area contributed by atoms with Gasteiger partial charge in [-0.25, -0.2) is 9.59 Å². The zero-order valence-electron chi connectivity index (χ0n) is 11.9. The molecule has 2 unspecified atom stereocenters. The number of carboxylic acid groups (broad SMARTS) is 1. The van der Waals surface area contributed by atoms with Crippen molar-refractivity contribution >= 4 is 17.7 Å². The summed E-state index contributed by atoms with van der Waals surface area (Å²) in [5.41, 5.74) is 1.52. The Labute approximate surface area is 124 Å². The maximum atomic E-state index is 12.4. The Bertz CT molecular complexity index is 591. The molecule has 2 rings (SSSR count). The highest BCUT2D eigenvalue weighted by Crippen LogP contribution is 2.32. The number of amides is 2. The van der Waals surface area contributed by atoms with Crippen LogP contribution in [0.25, 0.3) is 0 Å². The van der Waals surface area contributed by atoms with E-state index in [0.717, 1.165) is 5.56 Å². The summed E-state index contributed by atoms with van der Waals surface area (Å²) >= 11 is 0. The summed E-state index contributed by atoms with van der Waals surface area (Å²) in [5.74, 6) is 1.51. The van der Waals surface area contributed by atoms with E-state index >= 15 is 0 Å². The molecule has 0 fully saturated rings. The summed E-state index contributed by atoms with van der Waals surface area (Å²) in [6.07, 6.45) is 6.73. The van der Waals surface area contributed by atoms with Crippen LogP contribution in [0.15, 0.2) is 24.3 Å². The van der Waals surface area contributed by atoms with E-state index in [1.54, 1.807) is 12.1 Å². The molecule has 1 heterocycles. The van der Waals surface area contributed by atoms with Crippen LogP contribution < -0.4 is 10.2 Å². The Morgan fingerprint density at radius 1 is 1.52 bits per heavy atom. The molecule has 1 aliphatic rings. The van der Waals surface area contributed by atoms with Gasteiger partial charge in [-0.1, -0.05) is 25.1 Å². The van der Waals surface area contributed by atoms with Crippen molar-refractivity contribution < 1.29 is 14.7 Å². The van der Waals surface area contributed by atoms with E-state index < -0.39 is 18.0 Å². The average molecular weight is 286 g/mol. The third-order valence-electron chi connectivity index (χ3n) is 3.66. The Hall–Kier alpha value is -2.48. The maximum absolute atomic E-state index is 12.4. The van der Waals surface area contributed by atoms with Crippen LogP contribution in [0.2, 0.25) is 0 Å². The van der Waals surface area contributed by atoms with Crippen LogP contribution in [0.3, 0.4) is 0 Å². The van der Waals surface area contributed by atoms with Gasteiger partial charge in [-0.15, -0.1) is 12.3 Å². The molecule has 1 aliphatic heterocycles. The van der Waals surface area contributed by atoms with Crippen LogP contribution in [0.4, 0.5) is 10.5 Å². The van der Waals surface area contributed by atoms with Gasteiger partial charge in [0.05, 0.1) is 0 Å². The molecule has 110 valence electrons. The van der Waals surface area contributed by atoms with Gasteiger partial charge >= 0.3 is 12.0 Å². The molecule has 0 bridgehead atoms. The highest BCUT2D eigenvalue weighted by atomic mass is 16.4. The molecule has 2 amide bonds. The van der Waals surface area contributed by atoms with Crippen LogP contribution in [0, 0.1) is 12.3 Å². The number of hydrogen-bond acceptors (Lipinski definition) is 2. The molecule has 5 nitrogen and oxygen atoms in total. The van der Waals surface area contributed by atoms with Crippen molar-refractivity contribution in [3.63, 3.8) is 0 Å². The number of rotatable bonds is 4. The second-order valence-electron chi connectivity index (χ2n) is 5.02. The quantitative estimate of drug-likeness (QED) is 0.832. The number of terminal acetylenes is 1. The number of benzene rings is 1. The molecule has 0 spiro atoms. The van der Waals surface area contributed by atoms with Gasteiger partial charge in [-0.05, 0) is 18.1 Å². The SMILES string of the molecule is C#CCC(CC)NC(=O)N1c2ccccc2CC1C(=O)O. The fraction of sp³-hybridized carbons (Fsp3) is 0.375. The second-order valence-corrected chi connectivity index (χ2v) is 5.02. The number of fused-ring (bicyclic) bond motifs is 1. The van der Waals surface area contributed by atoms with E-state index in [9.17, 15) is 14.7 Å². The van der Waals surface area contributed by atoms with Gasteiger partial charge in [0.1, 0.15) is 6.04 Å². The van der Waals surface area contributed by atoms with Crippen molar-refractivity contribution in [3.05, 3.63) is 29.8 Å². The highest BCUT2D eigenvalue weighted by Gasteiger charge is 2.38. The number of para-hydroxylation sites is 1. The lowest BCUT2D eigenvalue weighted by Gasteiger charge is -2.25. The summed E-state index contributed by atoms with van der Waals surface area (Å²) in [4.78, 5) is 25.2.